The summed E-state index contributed by atoms with van der Waals surface area (Å²) in [5.74, 6) is 0.526. The number of carbonyl (C=O) groups is 1. The summed E-state index contributed by atoms with van der Waals surface area (Å²) in [6.45, 7) is 5.06. The number of hydrogen-bond acceptors (Lipinski definition) is 6. The number of aliphatic hydroxyl groups is 1. The predicted molar refractivity (Wildman–Crippen MR) is 98.6 cm³/mol. The molecule has 2 aromatic rings. The molecule has 0 saturated carbocycles. The van der Waals surface area contributed by atoms with Gasteiger partial charge in [-0.3, -0.25) is 9.78 Å². The highest BCUT2D eigenvalue weighted by Gasteiger charge is 2.52. The van der Waals surface area contributed by atoms with Gasteiger partial charge in [0.05, 0.1) is 6.61 Å². The molecule has 4 heterocycles. The van der Waals surface area contributed by atoms with E-state index in [4.69, 9.17) is 0 Å². The first-order valence-electron chi connectivity index (χ1n) is 9.51. The Morgan fingerprint density at radius 3 is 2.63 bits per heavy atom. The molecule has 0 bridgehead atoms. The van der Waals surface area contributed by atoms with E-state index in [1.165, 1.54) is 0 Å². The molecule has 1 amide bonds. The van der Waals surface area contributed by atoms with Gasteiger partial charge in [-0.25, -0.2) is 0 Å². The van der Waals surface area contributed by atoms with Crippen LogP contribution in [0.1, 0.15) is 12.0 Å². The van der Waals surface area contributed by atoms with Crippen LogP contribution in [0.15, 0.2) is 37.2 Å². The molecule has 0 spiro atoms. The molecule has 2 aliphatic heterocycles. The van der Waals surface area contributed by atoms with Crippen LogP contribution >= 0.6 is 0 Å². The number of pyridine rings is 1. The minimum atomic E-state index is -0.181. The Bertz CT molecular complexity index is 753. The molecule has 2 saturated heterocycles. The zero-order valence-electron chi connectivity index (χ0n) is 15.4. The fourth-order valence-corrected chi connectivity index (χ4v) is 4.43. The molecule has 8 heteroatoms. The zero-order valence-corrected chi connectivity index (χ0v) is 15.4. The molecular weight excluding hydrogens is 344 g/mol. The van der Waals surface area contributed by atoms with Crippen LogP contribution in [-0.2, 0) is 17.8 Å². The average molecular weight is 370 g/mol. The van der Waals surface area contributed by atoms with Crippen LogP contribution in [0.3, 0.4) is 0 Å². The molecule has 2 unspecified atom stereocenters. The summed E-state index contributed by atoms with van der Waals surface area (Å²) >= 11 is 0. The van der Waals surface area contributed by atoms with Gasteiger partial charge >= 0.3 is 0 Å². The lowest BCUT2D eigenvalue weighted by atomic mass is 9.82. The van der Waals surface area contributed by atoms with Crippen LogP contribution in [0.25, 0.3) is 0 Å². The van der Waals surface area contributed by atoms with Gasteiger partial charge < -0.3 is 19.5 Å². The molecule has 0 aromatic carbocycles. The van der Waals surface area contributed by atoms with Crippen LogP contribution < -0.4 is 0 Å². The molecule has 0 radical (unpaired) electrons. The highest BCUT2D eigenvalue weighted by molar-refractivity contribution is 5.77. The molecule has 2 aromatic heterocycles. The Morgan fingerprint density at radius 2 is 1.93 bits per heavy atom. The Morgan fingerprint density at radius 1 is 1.15 bits per heavy atom. The SMILES string of the molecule is O=C(CCc1ccncc1)N1CC2CN(CCn3cnnc3)CC2(CO)C1. The van der Waals surface area contributed by atoms with Crippen molar-refractivity contribution in [2.24, 2.45) is 11.3 Å². The number of fused-ring (bicyclic) bond motifs is 1. The molecule has 27 heavy (non-hydrogen) atoms. The van der Waals surface area contributed by atoms with Crippen molar-refractivity contribution in [3.63, 3.8) is 0 Å². The van der Waals surface area contributed by atoms with Crippen LogP contribution in [0.5, 0.6) is 0 Å². The first kappa shape index (κ1) is 18.1. The summed E-state index contributed by atoms with van der Waals surface area (Å²) in [6.07, 6.45) is 8.21. The first-order chi connectivity index (χ1) is 13.2. The van der Waals surface area contributed by atoms with Gasteiger partial charge in [-0.15, -0.1) is 10.2 Å². The van der Waals surface area contributed by atoms with Crippen molar-refractivity contribution >= 4 is 5.91 Å². The number of rotatable bonds is 7. The van der Waals surface area contributed by atoms with E-state index in [1.807, 2.05) is 21.6 Å². The zero-order chi connectivity index (χ0) is 18.7. The number of aromatic nitrogens is 4. The third-order valence-electron chi connectivity index (χ3n) is 6.02. The van der Waals surface area contributed by atoms with E-state index in [1.54, 1.807) is 25.0 Å². The van der Waals surface area contributed by atoms with Crippen LogP contribution in [0.2, 0.25) is 0 Å². The summed E-state index contributed by atoms with van der Waals surface area (Å²) in [5, 5.41) is 17.8. The molecule has 1 N–H and O–H groups in total. The molecule has 2 aliphatic rings. The normalized spacial score (nSPS) is 25.1. The van der Waals surface area contributed by atoms with Crippen molar-refractivity contribution in [3.8, 4) is 0 Å². The van der Waals surface area contributed by atoms with Crippen LogP contribution in [0, 0.1) is 11.3 Å². The van der Waals surface area contributed by atoms with Crippen LogP contribution in [0.4, 0.5) is 0 Å². The van der Waals surface area contributed by atoms with E-state index in [0.29, 0.717) is 18.9 Å². The number of aliphatic hydroxyl groups excluding tert-OH is 1. The van der Waals surface area contributed by atoms with Crippen molar-refractivity contribution in [1.82, 2.24) is 29.5 Å². The maximum Gasteiger partial charge on any atom is 0.222 e. The quantitative estimate of drug-likeness (QED) is 0.742. The monoisotopic (exact) mass is 370 g/mol. The lowest BCUT2D eigenvalue weighted by Crippen LogP contribution is -2.39. The Labute approximate surface area is 158 Å². The van der Waals surface area contributed by atoms with Gasteiger partial charge in [-0.2, -0.15) is 0 Å². The number of carbonyl (C=O) groups excluding carboxylic acids is 1. The molecule has 2 atom stereocenters. The van der Waals surface area contributed by atoms with E-state index >= 15 is 0 Å². The topological polar surface area (TPSA) is 87.4 Å². The summed E-state index contributed by atoms with van der Waals surface area (Å²) in [7, 11) is 0. The number of hydrogen-bond donors (Lipinski definition) is 1. The molecule has 0 aliphatic carbocycles. The second kappa shape index (κ2) is 7.74. The molecule has 8 nitrogen and oxygen atoms in total. The Hall–Kier alpha value is -2.32. The van der Waals surface area contributed by atoms with Crippen molar-refractivity contribution in [3.05, 3.63) is 42.7 Å². The largest absolute Gasteiger partial charge is 0.396 e. The lowest BCUT2D eigenvalue weighted by Gasteiger charge is -2.27. The van der Waals surface area contributed by atoms with Gasteiger partial charge in [0.2, 0.25) is 5.91 Å². The summed E-state index contributed by atoms with van der Waals surface area (Å²) in [4.78, 5) is 21.0. The van der Waals surface area contributed by atoms with E-state index in [0.717, 1.165) is 44.7 Å². The van der Waals surface area contributed by atoms with Gasteiger partial charge in [-0.05, 0) is 30.0 Å². The van der Waals surface area contributed by atoms with Gasteiger partial charge in [0.25, 0.3) is 0 Å². The molecule has 2 fully saturated rings. The molecule has 144 valence electrons. The number of aryl methyl sites for hydroxylation is 1. The van der Waals surface area contributed by atoms with E-state index in [-0.39, 0.29) is 17.9 Å². The minimum absolute atomic E-state index is 0.134. The maximum absolute atomic E-state index is 12.7. The van der Waals surface area contributed by atoms with E-state index < -0.39 is 0 Å². The van der Waals surface area contributed by atoms with Crippen LogP contribution in [-0.4, -0.2) is 79.9 Å². The van der Waals surface area contributed by atoms with Gasteiger partial charge in [0.15, 0.2) is 0 Å². The Balaban J connectivity index is 1.30. The second-order valence-corrected chi connectivity index (χ2v) is 7.78. The minimum Gasteiger partial charge on any atom is -0.396 e. The van der Waals surface area contributed by atoms with E-state index in [9.17, 15) is 9.90 Å². The van der Waals surface area contributed by atoms with E-state index in [2.05, 4.69) is 20.1 Å². The van der Waals surface area contributed by atoms with Gasteiger partial charge in [0.1, 0.15) is 12.7 Å². The fraction of sp³-hybridized carbons (Fsp3) is 0.579. The van der Waals surface area contributed by atoms with Gasteiger partial charge in [0, 0.05) is 63.5 Å². The highest BCUT2D eigenvalue weighted by atomic mass is 16.3. The maximum atomic E-state index is 12.7. The molecule has 4 rings (SSSR count). The molecular formula is C19H26N6O2. The highest BCUT2D eigenvalue weighted by Crippen LogP contribution is 2.42. The third-order valence-corrected chi connectivity index (χ3v) is 6.02. The number of likely N-dealkylation sites (tertiary alicyclic amines) is 2. The number of amides is 1. The number of nitrogens with zero attached hydrogens (tertiary/aromatic N) is 6. The summed E-state index contributed by atoms with van der Waals surface area (Å²) in [5.41, 5.74) is 0.953. The summed E-state index contributed by atoms with van der Waals surface area (Å²) < 4.78 is 1.97. The van der Waals surface area contributed by atoms with Crippen molar-refractivity contribution < 1.29 is 9.90 Å². The fourth-order valence-electron chi connectivity index (χ4n) is 4.43. The Kier molecular flexibility index (Phi) is 5.18. The van der Waals surface area contributed by atoms with Gasteiger partial charge in [-0.1, -0.05) is 0 Å². The second-order valence-electron chi connectivity index (χ2n) is 7.78. The standard InChI is InChI=1S/C19H26N6O2/c26-13-19-11-23(7-8-24-14-21-22-15-24)9-17(19)10-25(12-19)18(27)2-1-16-3-5-20-6-4-16/h3-6,14-15,17,26H,1-2,7-13H2. The lowest BCUT2D eigenvalue weighted by molar-refractivity contribution is -0.130. The smallest absolute Gasteiger partial charge is 0.222 e. The van der Waals surface area contributed by atoms with Crippen molar-refractivity contribution in [2.75, 3.05) is 39.3 Å². The summed E-state index contributed by atoms with van der Waals surface area (Å²) in [6, 6.07) is 3.91. The van der Waals surface area contributed by atoms with Crippen molar-refractivity contribution in [2.45, 2.75) is 19.4 Å². The predicted octanol–water partition coefficient (Wildman–Crippen LogP) is 0.0586. The average Bonchev–Trinajstić information content (AvgIpc) is 3.39. The first-order valence-corrected chi connectivity index (χ1v) is 9.51. The third kappa shape index (κ3) is 3.86. The van der Waals surface area contributed by atoms with Crippen molar-refractivity contribution in [1.29, 1.82) is 0 Å².